The van der Waals surface area contributed by atoms with Gasteiger partial charge in [0, 0.05) is 24.5 Å². The van der Waals surface area contributed by atoms with Gasteiger partial charge in [-0.05, 0) is 48.0 Å². The van der Waals surface area contributed by atoms with Crippen LogP contribution in [0.25, 0.3) is 5.76 Å². The van der Waals surface area contributed by atoms with E-state index in [9.17, 15) is 14.7 Å². The average molecular weight is 425 g/mol. The van der Waals surface area contributed by atoms with E-state index >= 15 is 0 Å². The standard InChI is InChI=1S/C22H17ClN2O5/c1-29-14-4-5-16(23)15(11-14)20(26)18-19(17-3-2-10-30-17)25(22(28)21(18)27)12-13-6-8-24-9-7-13/h2-11,19,26H,12H2,1H3/b20-18-. The quantitative estimate of drug-likeness (QED) is 0.378. The number of benzene rings is 1. The van der Waals surface area contributed by atoms with Crippen LogP contribution >= 0.6 is 11.6 Å². The third-order valence-corrected chi connectivity index (χ3v) is 5.21. The molecular weight excluding hydrogens is 408 g/mol. The highest BCUT2D eigenvalue weighted by Crippen LogP contribution is 2.41. The van der Waals surface area contributed by atoms with Crippen LogP contribution in [0.5, 0.6) is 5.75 Å². The fraction of sp³-hybridized carbons (Fsp3) is 0.136. The van der Waals surface area contributed by atoms with E-state index in [4.69, 9.17) is 20.8 Å². The van der Waals surface area contributed by atoms with Crippen LogP contribution in [0.3, 0.4) is 0 Å². The molecule has 0 radical (unpaired) electrons. The molecule has 1 aliphatic rings. The van der Waals surface area contributed by atoms with Crippen molar-refractivity contribution in [3.8, 4) is 5.75 Å². The zero-order valence-electron chi connectivity index (χ0n) is 15.9. The van der Waals surface area contributed by atoms with Crippen molar-refractivity contribution >= 4 is 29.1 Å². The summed E-state index contributed by atoms with van der Waals surface area (Å²) in [5, 5.41) is 11.3. The first-order valence-corrected chi connectivity index (χ1v) is 9.43. The molecule has 1 amide bonds. The molecule has 1 aromatic carbocycles. The van der Waals surface area contributed by atoms with Gasteiger partial charge in [0.1, 0.15) is 23.3 Å². The van der Waals surface area contributed by atoms with Crippen LogP contribution in [0.1, 0.15) is 22.9 Å². The van der Waals surface area contributed by atoms with Gasteiger partial charge in [0.2, 0.25) is 0 Å². The summed E-state index contributed by atoms with van der Waals surface area (Å²) in [5.74, 6) is -1.16. The molecule has 0 saturated carbocycles. The van der Waals surface area contributed by atoms with Gasteiger partial charge >= 0.3 is 0 Å². The molecule has 8 heteroatoms. The first-order chi connectivity index (χ1) is 14.5. The predicted molar refractivity (Wildman–Crippen MR) is 109 cm³/mol. The highest BCUT2D eigenvalue weighted by molar-refractivity contribution is 6.46. The molecule has 0 bridgehead atoms. The summed E-state index contributed by atoms with van der Waals surface area (Å²) in [6.07, 6.45) is 4.65. The van der Waals surface area contributed by atoms with E-state index in [1.165, 1.54) is 24.3 Å². The molecule has 0 aliphatic carbocycles. The number of aromatic nitrogens is 1. The van der Waals surface area contributed by atoms with Gasteiger partial charge < -0.3 is 19.2 Å². The molecule has 7 nitrogen and oxygen atoms in total. The number of pyridine rings is 1. The van der Waals surface area contributed by atoms with Crippen LogP contribution in [0.4, 0.5) is 0 Å². The number of ether oxygens (including phenoxy) is 1. The van der Waals surface area contributed by atoms with Crippen molar-refractivity contribution in [2.75, 3.05) is 7.11 Å². The number of hydrogen-bond donors (Lipinski definition) is 1. The summed E-state index contributed by atoms with van der Waals surface area (Å²) in [5.41, 5.74) is 0.872. The highest BCUT2D eigenvalue weighted by Gasteiger charge is 2.47. The number of rotatable bonds is 5. The summed E-state index contributed by atoms with van der Waals surface area (Å²) in [6, 6.07) is 10.6. The van der Waals surface area contributed by atoms with Gasteiger partial charge in [0.05, 0.1) is 24.0 Å². The second-order valence-electron chi connectivity index (χ2n) is 6.64. The lowest BCUT2D eigenvalue weighted by Crippen LogP contribution is -2.29. The van der Waals surface area contributed by atoms with Crippen molar-refractivity contribution in [3.05, 3.63) is 88.6 Å². The molecule has 1 saturated heterocycles. The first kappa shape index (κ1) is 19.7. The number of furan rings is 1. The van der Waals surface area contributed by atoms with Gasteiger partial charge in [-0.2, -0.15) is 0 Å². The predicted octanol–water partition coefficient (Wildman–Crippen LogP) is 3.96. The van der Waals surface area contributed by atoms with E-state index in [1.54, 1.807) is 48.8 Å². The summed E-state index contributed by atoms with van der Waals surface area (Å²) in [6.45, 7) is 0.140. The molecule has 152 valence electrons. The number of likely N-dealkylation sites (tertiary alicyclic amines) is 1. The molecule has 2 aromatic heterocycles. The molecule has 30 heavy (non-hydrogen) atoms. The third kappa shape index (κ3) is 3.44. The van der Waals surface area contributed by atoms with Crippen LogP contribution in [0, 0.1) is 0 Å². The second kappa shape index (κ2) is 8.04. The van der Waals surface area contributed by atoms with Crippen LogP contribution in [-0.2, 0) is 16.1 Å². The number of carbonyl (C=O) groups is 2. The SMILES string of the molecule is COc1ccc(Cl)c(/C(O)=C2/C(=O)C(=O)N(Cc3ccncc3)C2c2ccco2)c1. The van der Waals surface area contributed by atoms with Crippen molar-refractivity contribution in [2.24, 2.45) is 0 Å². The molecule has 1 fully saturated rings. The minimum absolute atomic E-state index is 0.0980. The van der Waals surface area contributed by atoms with Crippen LogP contribution in [0.15, 0.2) is 71.1 Å². The van der Waals surface area contributed by atoms with Gasteiger partial charge in [0.15, 0.2) is 0 Å². The van der Waals surface area contributed by atoms with E-state index in [1.807, 2.05) is 0 Å². The van der Waals surface area contributed by atoms with Crippen molar-refractivity contribution in [3.63, 3.8) is 0 Å². The first-order valence-electron chi connectivity index (χ1n) is 9.06. The molecule has 4 rings (SSSR count). The summed E-state index contributed by atoms with van der Waals surface area (Å²) >= 11 is 6.26. The lowest BCUT2D eigenvalue weighted by Gasteiger charge is -2.23. The molecule has 3 heterocycles. The van der Waals surface area contributed by atoms with Gasteiger partial charge in [-0.15, -0.1) is 0 Å². The Morgan fingerprint density at radius 2 is 2.00 bits per heavy atom. The molecule has 1 unspecified atom stereocenters. The Balaban J connectivity index is 1.86. The third-order valence-electron chi connectivity index (χ3n) is 4.88. The van der Waals surface area contributed by atoms with Crippen LogP contribution < -0.4 is 4.74 Å². The van der Waals surface area contributed by atoms with E-state index < -0.39 is 23.5 Å². The average Bonchev–Trinajstić information content (AvgIpc) is 3.37. The van der Waals surface area contributed by atoms with Crippen molar-refractivity contribution in [1.82, 2.24) is 9.88 Å². The van der Waals surface area contributed by atoms with E-state index in [-0.39, 0.29) is 22.7 Å². The number of Topliss-reactive ketones (excluding diaryl/α,β-unsaturated/α-hetero) is 1. The number of aliphatic hydroxyl groups excluding tert-OH is 1. The van der Waals surface area contributed by atoms with E-state index in [0.717, 1.165) is 5.56 Å². The summed E-state index contributed by atoms with van der Waals surface area (Å²) < 4.78 is 10.7. The van der Waals surface area contributed by atoms with Crippen molar-refractivity contribution in [1.29, 1.82) is 0 Å². The number of amides is 1. The summed E-state index contributed by atoms with van der Waals surface area (Å²) in [4.78, 5) is 31.2. The normalized spacial score (nSPS) is 18.1. The Bertz CT molecular complexity index is 1130. The Labute approximate surface area is 177 Å². The van der Waals surface area contributed by atoms with Gasteiger partial charge in [-0.1, -0.05) is 11.6 Å². The van der Waals surface area contributed by atoms with Crippen LogP contribution in [-0.4, -0.2) is 33.8 Å². The second-order valence-corrected chi connectivity index (χ2v) is 7.05. The fourth-order valence-corrected chi connectivity index (χ4v) is 3.64. The largest absolute Gasteiger partial charge is 0.507 e. The number of hydrogen-bond acceptors (Lipinski definition) is 6. The Morgan fingerprint density at radius 3 is 2.67 bits per heavy atom. The number of aliphatic hydroxyl groups is 1. The zero-order chi connectivity index (χ0) is 21.3. The number of methoxy groups -OCH3 is 1. The maximum atomic E-state index is 13.0. The Hall–Kier alpha value is -3.58. The maximum Gasteiger partial charge on any atom is 0.296 e. The number of carbonyl (C=O) groups excluding carboxylic acids is 2. The van der Waals surface area contributed by atoms with Gasteiger partial charge in [0.25, 0.3) is 11.7 Å². The molecule has 1 atom stereocenters. The molecule has 1 aliphatic heterocycles. The molecule has 3 aromatic rings. The minimum Gasteiger partial charge on any atom is -0.507 e. The Kier molecular flexibility index (Phi) is 5.29. The molecule has 0 spiro atoms. The monoisotopic (exact) mass is 424 g/mol. The van der Waals surface area contributed by atoms with Crippen molar-refractivity contribution < 1.29 is 23.8 Å². The topological polar surface area (TPSA) is 92.9 Å². The summed E-state index contributed by atoms with van der Waals surface area (Å²) in [7, 11) is 1.48. The minimum atomic E-state index is -0.907. The molecular formula is C22H17ClN2O5. The van der Waals surface area contributed by atoms with Gasteiger partial charge in [-0.3, -0.25) is 14.6 Å². The number of nitrogens with zero attached hydrogens (tertiary/aromatic N) is 2. The van der Waals surface area contributed by atoms with E-state index in [2.05, 4.69) is 4.98 Å². The van der Waals surface area contributed by atoms with Crippen molar-refractivity contribution in [2.45, 2.75) is 12.6 Å². The lowest BCUT2D eigenvalue weighted by atomic mass is 9.99. The Morgan fingerprint density at radius 1 is 1.23 bits per heavy atom. The number of ketones is 1. The lowest BCUT2D eigenvalue weighted by molar-refractivity contribution is -0.140. The van der Waals surface area contributed by atoms with Gasteiger partial charge in [-0.25, -0.2) is 0 Å². The zero-order valence-corrected chi connectivity index (χ0v) is 16.7. The maximum absolute atomic E-state index is 13.0. The smallest absolute Gasteiger partial charge is 0.296 e. The fourth-order valence-electron chi connectivity index (χ4n) is 3.43. The molecule has 1 N–H and O–H groups in total. The van der Waals surface area contributed by atoms with Crippen LogP contribution in [0.2, 0.25) is 5.02 Å². The highest BCUT2D eigenvalue weighted by atomic mass is 35.5. The number of halogens is 1. The van der Waals surface area contributed by atoms with E-state index in [0.29, 0.717) is 11.5 Å².